The fourth-order valence-electron chi connectivity index (χ4n) is 3.04. The minimum atomic E-state index is -3.80. The summed E-state index contributed by atoms with van der Waals surface area (Å²) in [4.78, 5) is 8.46. The molecule has 0 saturated heterocycles. The highest BCUT2D eigenvalue weighted by atomic mass is 32.2. The predicted octanol–water partition coefficient (Wildman–Crippen LogP) is 2.29. The summed E-state index contributed by atoms with van der Waals surface area (Å²) in [6.45, 7) is 0.524. The van der Waals surface area contributed by atoms with Crippen LogP contribution in [-0.2, 0) is 16.6 Å². The summed E-state index contributed by atoms with van der Waals surface area (Å²) >= 11 is 0. The number of ether oxygens (including phenoxy) is 1. The number of primary sulfonamides is 1. The molecule has 3 aromatic heterocycles. The lowest BCUT2D eigenvalue weighted by atomic mass is 10.2. The quantitative estimate of drug-likeness (QED) is 0.596. The number of hydrogen-bond acceptors (Lipinski definition) is 5. The van der Waals surface area contributed by atoms with E-state index in [0.717, 1.165) is 33.2 Å². The number of fused-ring (bicyclic) bond motifs is 3. The third kappa shape index (κ3) is 2.79. The van der Waals surface area contributed by atoms with Crippen LogP contribution in [0.2, 0.25) is 0 Å². The van der Waals surface area contributed by atoms with Gasteiger partial charge in [-0.05, 0) is 42.0 Å². The van der Waals surface area contributed by atoms with Gasteiger partial charge in [0.1, 0.15) is 5.75 Å². The Hall–Kier alpha value is -2.97. The molecule has 0 aliphatic heterocycles. The summed E-state index contributed by atoms with van der Waals surface area (Å²) in [5.41, 5.74) is 3.73. The van der Waals surface area contributed by atoms with E-state index >= 15 is 0 Å². The maximum atomic E-state index is 11.4. The molecule has 132 valence electrons. The molecule has 0 atom stereocenters. The van der Waals surface area contributed by atoms with Gasteiger partial charge in [0.05, 0.1) is 23.7 Å². The van der Waals surface area contributed by atoms with Crippen LogP contribution in [0.15, 0.2) is 59.9 Å². The zero-order chi connectivity index (χ0) is 18.3. The first-order valence-corrected chi connectivity index (χ1v) is 9.41. The summed E-state index contributed by atoms with van der Waals surface area (Å²) < 4.78 is 30.2. The van der Waals surface area contributed by atoms with Crippen molar-refractivity contribution in [2.24, 2.45) is 5.14 Å². The number of aromatic nitrogens is 3. The van der Waals surface area contributed by atoms with E-state index in [2.05, 4.69) is 14.5 Å². The molecule has 2 N–H and O–H groups in total. The molecule has 8 heteroatoms. The molecule has 0 unspecified atom stereocenters. The second kappa shape index (κ2) is 6.08. The Balaban J connectivity index is 1.85. The molecule has 0 saturated carbocycles. The number of nitrogens with zero attached hydrogens (tertiary/aromatic N) is 3. The third-order valence-corrected chi connectivity index (χ3v) is 5.08. The largest absolute Gasteiger partial charge is 0.497 e. The lowest BCUT2D eigenvalue weighted by Gasteiger charge is -2.08. The molecule has 0 fully saturated rings. The normalized spacial score (nSPS) is 11.9. The fraction of sp³-hybridized carbons (Fsp3) is 0.111. The van der Waals surface area contributed by atoms with E-state index in [1.807, 2.05) is 30.3 Å². The highest BCUT2D eigenvalue weighted by Crippen LogP contribution is 2.30. The topological polar surface area (TPSA) is 100 Å². The average Bonchev–Trinajstić information content (AvgIpc) is 2.95. The van der Waals surface area contributed by atoms with Gasteiger partial charge in [0.15, 0.2) is 5.03 Å². The highest BCUT2D eigenvalue weighted by Gasteiger charge is 2.14. The fourth-order valence-corrected chi connectivity index (χ4v) is 3.50. The smallest absolute Gasteiger partial charge is 0.255 e. The van der Waals surface area contributed by atoms with Crippen LogP contribution in [-0.4, -0.2) is 30.1 Å². The molecule has 1 aromatic carbocycles. The molecule has 0 amide bonds. The summed E-state index contributed by atoms with van der Waals surface area (Å²) in [6.07, 6.45) is 3.28. The van der Waals surface area contributed by atoms with Gasteiger partial charge in [0.25, 0.3) is 10.0 Å². The van der Waals surface area contributed by atoms with Crippen LogP contribution in [0.5, 0.6) is 5.75 Å². The van der Waals surface area contributed by atoms with Crippen molar-refractivity contribution in [2.75, 3.05) is 7.11 Å². The first kappa shape index (κ1) is 16.5. The Morgan fingerprint density at radius 2 is 1.96 bits per heavy atom. The van der Waals surface area contributed by atoms with Crippen LogP contribution in [0.1, 0.15) is 5.56 Å². The Bertz CT molecular complexity index is 1210. The van der Waals surface area contributed by atoms with Crippen LogP contribution in [0, 0.1) is 0 Å². The van der Waals surface area contributed by atoms with E-state index in [-0.39, 0.29) is 5.03 Å². The van der Waals surface area contributed by atoms with Crippen molar-refractivity contribution in [2.45, 2.75) is 11.6 Å². The molecule has 0 bridgehead atoms. The monoisotopic (exact) mass is 368 g/mol. The first-order valence-electron chi connectivity index (χ1n) is 7.86. The molecule has 3 heterocycles. The average molecular weight is 368 g/mol. The van der Waals surface area contributed by atoms with Crippen molar-refractivity contribution in [3.05, 3.63) is 60.4 Å². The zero-order valence-corrected chi connectivity index (χ0v) is 14.8. The van der Waals surface area contributed by atoms with Gasteiger partial charge in [-0.1, -0.05) is 6.07 Å². The third-order valence-electron chi connectivity index (χ3n) is 4.26. The molecule has 26 heavy (non-hydrogen) atoms. The van der Waals surface area contributed by atoms with Crippen molar-refractivity contribution >= 4 is 32.0 Å². The lowest BCUT2D eigenvalue weighted by Crippen LogP contribution is -2.14. The summed E-state index contributed by atoms with van der Waals surface area (Å²) in [5, 5.41) is 5.95. The summed E-state index contributed by atoms with van der Waals surface area (Å²) in [7, 11) is -2.17. The van der Waals surface area contributed by atoms with Crippen molar-refractivity contribution < 1.29 is 13.2 Å². The Kier molecular flexibility index (Phi) is 3.86. The van der Waals surface area contributed by atoms with Gasteiger partial charge in [-0.15, -0.1) is 0 Å². The van der Waals surface area contributed by atoms with Crippen molar-refractivity contribution in [1.82, 2.24) is 14.5 Å². The highest BCUT2D eigenvalue weighted by molar-refractivity contribution is 7.89. The van der Waals surface area contributed by atoms with Gasteiger partial charge in [-0.25, -0.2) is 18.5 Å². The Morgan fingerprint density at radius 3 is 2.65 bits per heavy atom. The minimum absolute atomic E-state index is 0.144. The zero-order valence-electron chi connectivity index (χ0n) is 14.0. The maximum absolute atomic E-state index is 11.4. The van der Waals surface area contributed by atoms with E-state index in [9.17, 15) is 8.42 Å². The van der Waals surface area contributed by atoms with Gasteiger partial charge < -0.3 is 9.30 Å². The molecule has 0 aliphatic rings. The first-order chi connectivity index (χ1) is 12.5. The van der Waals surface area contributed by atoms with Crippen LogP contribution in [0.4, 0.5) is 0 Å². The van der Waals surface area contributed by atoms with Gasteiger partial charge in [-0.2, -0.15) is 0 Å². The van der Waals surface area contributed by atoms with Crippen LogP contribution in [0.3, 0.4) is 0 Å². The number of benzene rings is 1. The van der Waals surface area contributed by atoms with Crippen LogP contribution in [0.25, 0.3) is 21.9 Å². The van der Waals surface area contributed by atoms with Gasteiger partial charge in [-0.3, -0.25) is 4.98 Å². The van der Waals surface area contributed by atoms with Crippen molar-refractivity contribution in [3.63, 3.8) is 0 Å². The number of sulfonamides is 1. The minimum Gasteiger partial charge on any atom is -0.497 e. The second-order valence-electron chi connectivity index (χ2n) is 5.89. The van der Waals surface area contributed by atoms with Crippen molar-refractivity contribution in [3.8, 4) is 5.75 Å². The molecule has 0 spiro atoms. The Labute approximate surface area is 150 Å². The SMILES string of the molecule is COc1ccc2c(c1)c1ncccc1n2Cc1ccc(S(N)(=O)=O)nc1. The van der Waals surface area contributed by atoms with Gasteiger partial charge in [0, 0.05) is 24.3 Å². The number of nitrogens with two attached hydrogens (primary N) is 1. The molecule has 7 nitrogen and oxygen atoms in total. The summed E-state index contributed by atoms with van der Waals surface area (Å²) in [6, 6.07) is 12.9. The van der Waals surface area contributed by atoms with E-state index in [1.54, 1.807) is 19.4 Å². The van der Waals surface area contributed by atoms with E-state index in [1.165, 1.54) is 12.3 Å². The van der Waals surface area contributed by atoms with Crippen molar-refractivity contribution in [1.29, 1.82) is 0 Å². The van der Waals surface area contributed by atoms with E-state index in [0.29, 0.717) is 6.54 Å². The molecule has 0 aliphatic carbocycles. The van der Waals surface area contributed by atoms with Gasteiger partial charge in [0.2, 0.25) is 0 Å². The molecule has 4 rings (SSSR count). The number of rotatable bonds is 4. The lowest BCUT2D eigenvalue weighted by molar-refractivity contribution is 0.415. The standard InChI is InChI=1S/C18H16N4O3S/c1-25-13-5-6-15-14(9-13)18-16(3-2-8-20-18)22(15)11-12-4-7-17(21-10-12)26(19,23)24/h2-10H,11H2,1H3,(H2,19,23,24). The van der Waals surface area contributed by atoms with E-state index < -0.39 is 10.0 Å². The Morgan fingerprint density at radius 1 is 1.12 bits per heavy atom. The molecule has 0 radical (unpaired) electrons. The van der Waals surface area contributed by atoms with Gasteiger partial charge >= 0.3 is 0 Å². The number of pyridine rings is 2. The molecule has 4 aromatic rings. The molecular formula is C18H16N4O3S. The second-order valence-corrected chi connectivity index (χ2v) is 7.40. The maximum Gasteiger partial charge on any atom is 0.255 e. The number of methoxy groups -OCH3 is 1. The molecular weight excluding hydrogens is 352 g/mol. The predicted molar refractivity (Wildman–Crippen MR) is 98.5 cm³/mol. The summed E-state index contributed by atoms with van der Waals surface area (Å²) in [5.74, 6) is 0.765. The van der Waals surface area contributed by atoms with Crippen LogP contribution >= 0.6 is 0 Å². The van der Waals surface area contributed by atoms with E-state index in [4.69, 9.17) is 9.88 Å². The number of hydrogen-bond donors (Lipinski definition) is 1. The van der Waals surface area contributed by atoms with Crippen LogP contribution < -0.4 is 9.88 Å².